The second-order valence-corrected chi connectivity index (χ2v) is 5.38. The number of hydrogen-bond acceptors (Lipinski definition) is 2. The molecule has 2 nitrogen and oxygen atoms in total. The number of halogens is 3. The summed E-state index contributed by atoms with van der Waals surface area (Å²) >= 11 is 0. The van der Waals surface area contributed by atoms with Gasteiger partial charge in [0.2, 0.25) is 0 Å². The molecule has 0 bridgehead atoms. The maximum Gasteiger partial charge on any atom is 0.401 e. The minimum atomic E-state index is -4.08. The van der Waals surface area contributed by atoms with Crippen LogP contribution in [-0.4, -0.2) is 43.8 Å². The van der Waals surface area contributed by atoms with Gasteiger partial charge in [0.25, 0.3) is 0 Å². The molecule has 1 aliphatic heterocycles. The molecule has 0 atom stereocenters. The van der Waals surface area contributed by atoms with Crippen LogP contribution in [0, 0.1) is 11.8 Å². The highest BCUT2D eigenvalue weighted by Crippen LogP contribution is 2.18. The van der Waals surface area contributed by atoms with E-state index < -0.39 is 12.7 Å². The number of alkyl halides is 3. The van der Waals surface area contributed by atoms with Gasteiger partial charge in [0.15, 0.2) is 0 Å². The van der Waals surface area contributed by atoms with Crippen molar-refractivity contribution in [3.05, 3.63) is 0 Å². The van der Waals surface area contributed by atoms with E-state index in [1.165, 1.54) is 0 Å². The maximum atomic E-state index is 11.9. The van der Waals surface area contributed by atoms with Crippen molar-refractivity contribution < 1.29 is 13.2 Å². The van der Waals surface area contributed by atoms with Crippen LogP contribution in [0.4, 0.5) is 13.2 Å². The van der Waals surface area contributed by atoms with Crippen LogP contribution in [0.2, 0.25) is 0 Å². The summed E-state index contributed by atoms with van der Waals surface area (Å²) in [7, 11) is 0. The van der Waals surface area contributed by atoms with Crippen LogP contribution >= 0.6 is 0 Å². The fourth-order valence-electron chi connectivity index (χ4n) is 2.31. The molecular formula is C12H23F3N2. The summed E-state index contributed by atoms with van der Waals surface area (Å²) < 4.78 is 35.8. The average molecular weight is 252 g/mol. The quantitative estimate of drug-likeness (QED) is 0.808. The zero-order chi connectivity index (χ0) is 12.9. The first-order valence-corrected chi connectivity index (χ1v) is 6.36. The van der Waals surface area contributed by atoms with Crippen molar-refractivity contribution >= 4 is 0 Å². The van der Waals surface area contributed by atoms with E-state index in [1.54, 1.807) is 0 Å². The van der Waals surface area contributed by atoms with Crippen LogP contribution in [0.15, 0.2) is 0 Å². The number of nitrogens with zero attached hydrogens (tertiary/aromatic N) is 1. The van der Waals surface area contributed by atoms with Crippen molar-refractivity contribution in [1.29, 1.82) is 0 Å². The number of rotatable bonds is 5. The Morgan fingerprint density at radius 1 is 1.24 bits per heavy atom. The summed E-state index contributed by atoms with van der Waals surface area (Å²) in [6.07, 6.45) is -2.06. The van der Waals surface area contributed by atoms with E-state index in [-0.39, 0.29) is 0 Å². The van der Waals surface area contributed by atoms with E-state index in [0.717, 1.165) is 32.5 Å². The molecule has 0 aromatic heterocycles. The predicted octanol–water partition coefficient (Wildman–Crippen LogP) is 2.51. The molecular weight excluding hydrogens is 229 g/mol. The van der Waals surface area contributed by atoms with Crippen LogP contribution in [0.1, 0.15) is 26.7 Å². The SMILES string of the molecule is CC(C)CN1CCC(CNCC(F)(F)F)CC1. The van der Waals surface area contributed by atoms with Crippen LogP contribution in [-0.2, 0) is 0 Å². The van der Waals surface area contributed by atoms with Crippen molar-refractivity contribution in [2.45, 2.75) is 32.9 Å². The minimum absolute atomic E-state index is 0.403. The van der Waals surface area contributed by atoms with Crippen LogP contribution in [0.3, 0.4) is 0 Å². The lowest BCUT2D eigenvalue weighted by Crippen LogP contribution is -2.40. The van der Waals surface area contributed by atoms with E-state index in [0.29, 0.717) is 18.4 Å². The molecule has 0 amide bonds. The van der Waals surface area contributed by atoms with Crippen molar-refractivity contribution in [1.82, 2.24) is 10.2 Å². The summed E-state index contributed by atoms with van der Waals surface area (Å²) in [6.45, 7) is 7.16. The third kappa shape index (κ3) is 6.88. The molecule has 0 radical (unpaired) electrons. The van der Waals surface area contributed by atoms with Gasteiger partial charge in [0.1, 0.15) is 0 Å². The summed E-state index contributed by atoms with van der Waals surface area (Å²) in [5.74, 6) is 1.07. The van der Waals surface area contributed by atoms with E-state index >= 15 is 0 Å². The minimum Gasteiger partial charge on any atom is -0.308 e. The molecule has 0 unspecified atom stereocenters. The Morgan fingerprint density at radius 2 is 1.82 bits per heavy atom. The van der Waals surface area contributed by atoms with E-state index in [9.17, 15) is 13.2 Å². The smallest absolute Gasteiger partial charge is 0.308 e. The van der Waals surface area contributed by atoms with Gasteiger partial charge in [0.05, 0.1) is 6.54 Å². The number of hydrogen-bond donors (Lipinski definition) is 1. The molecule has 5 heteroatoms. The summed E-state index contributed by atoms with van der Waals surface area (Å²) in [4.78, 5) is 2.41. The molecule has 1 aliphatic rings. The maximum absolute atomic E-state index is 11.9. The van der Waals surface area contributed by atoms with Crippen LogP contribution < -0.4 is 5.32 Å². The van der Waals surface area contributed by atoms with Crippen molar-refractivity contribution in [3.63, 3.8) is 0 Å². The third-order valence-corrected chi connectivity index (χ3v) is 3.09. The fourth-order valence-corrected chi connectivity index (χ4v) is 2.31. The molecule has 0 saturated carbocycles. The highest BCUT2D eigenvalue weighted by molar-refractivity contribution is 4.74. The van der Waals surface area contributed by atoms with Gasteiger partial charge in [-0.05, 0) is 44.3 Å². The van der Waals surface area contributed by atoms with Crippen molar-refractivity contribution in [2.24, 2.45) is 11.8 Å². The molecule has 102 valence electrons. The van der Waals surface area contributed by atoms with Crippen molar-refractivity contribution in [2.75, 3.05) is 32.7 Å². The van der Waals surface area contributed by atoms with Gasteiger partial charge in [-0.1, -0.05) is 13.8 Å². The zero-order valence-electron chi connectivity index (χ0n) is 10.7. The number of likely N-dealkylation sites (tertiary alicyclic amines) is 1. The summed E-state index contributed by atoms with van der Waals surface area (Å²) in [5, 5.41) is 2.51. The van der Waals surface area contributed by atoms with E-state index in [4.69, 9.17) is 0 Å². The molecule has 0 aromatic rings. The summed E-state index contributed by atoms with van der Waals surface area (Å²) in [6, 6.07) is 0. The second-order valence-electron chi connectivity index (χ2n) is 5.38. The fraction of sp³-hybridized carbons (Fsp3) is 1.00. The lowest BCUT2D eigenvalue weighted by molar-refractivity contribution is -0.125. The molecule has 0 aromatic carbocycles. The topological polar surface area (TPSA) is 15.3 Å². The molecule has 0 aliphatic carbocycles. The lowest BCUT2D eigenvalue weighted by atomic mass is 9.96. The lowest BCUT2D eigenvalue weighted by Gasteiger charge is -2.33. The molecule has 1 fully saturated rings. The summed E-state index contributed by atoms with van der Waals surface area (Å²) in [5.41, 5.74) is 0. The van der Waals surface area contributed by atoms with E-state index in [1.807, 2.05) is 0 Å². The normalized spacial score (nSPS) is 20.1. The molecule has 1 saturated heterocycles. The average Bonchev–Trinajstić information content (AvgIpc) is 2.18. The van der Waals surface area contributed by atoms with Crippen molar-refractivity contribution in [3.8, 4) is 0 Å². The second kappa shape index (κ2) is 6.59. The Morgan fingerprint density at radius 3 is 2.29 bits per heavy atom. The van der Waals surface area contributed by atoms with Gasteiger partial charge in [-0.2, -0.15) is 13.2 Å². The molecule has 0 spiro atoms. The van der Waals surface area contributed by atoms with Crippen LogP contribution in [0.25, 0.3) is 0 Å². The number of piperidine rings is 1. The highest BCUT2D eigenvalue weighted by atomic mass is 19.4. The van der Waals surface area contributed by atoms with Gasteiger partial charge in [-0.15, -0.1) is 0 Å². The highest BCUT2D eigenvalue weighted by Gasteiger charge is 2.27. The van der Waals surface area contributed by atoms with Gasteiger partial charge in [0, 0.05) is 6.54 Å². The Balaban J connectivity index is 2.11. The molecule has 1 N–H and O–H groups in total. The Bertz CT molecular complexity index is 208. The predicted molar refractivity (Wildman–Crippen MR) is 62.9 cm³/mol. The first kappa shape index (κ1) is 14.8. The van der Waals surface area contributed by atoms with E-state index in [2.05, 4.69) is 24.1 Å². The monoisotopic (exact) mass is 252 g/mol. The standard InChI is InChI=1S/C12H23F3N2/c1-10(2)8-17-5-3-11(4-6-17)7-16-9-12(13,14)15/h10-11,16H,3-9H2,1-2H3. The molecule has 1 heterocycles. The Kier molecular flexibility index (Phi) is 5.73. The first-order chi connectivity index (χ1) is 7.87. The third-order valence-electron chi connectivity index (χ3n) is 3.09. The Hall–Kier alpha value is -0.290. The Labute approximate surface area is 102 Å². The zero-order valence-corrected chi connectivity index (χ0v) is 10.7. The van der Waals surface area contributed by atoms with Gasteiger partial charge >= 0.3 is 6.18 Å². The van der Waals surface area contributed by atoms with Gasteiger partial charge in [-0.25, -0.2) is 0 Å². The van der Waals surface area contributed by atoms with Crippen LogP contribution in [0.5, 0.6) is 0 Å². The van der Waals surface area contributed by atoms with Gasteiger partial charge < -0.3 is 10.2 Å². The molecule has 17 heavy (non-hydrogen) atoms. The largest absolute Gasteiger partial charge is 0.401 e. The van der Waals surface area contributed by atoms with Gasteiger partial charge in [-0.3, -0.25) is 0 Å². The number of nitrogens with one attached hydrogen (secondary N) is 1. The first-order valence-electron chi connectivity index (χ1n) is 6.36. The molecule has 1 rings (SSSR count).